The van der Waals surface area contributed by atoms with E-state index in [1.54, 1.807) is 11.8 Å². The quantitative estimate of drug-likeness (QED) is 0.0717. The van der Waals surface area contributed by atoms with Crippen molar-refractivity contribution in [3.63, 3.8) is 0 Å². The maximum Gasteiger partial charge on any atom is 0.187 e. The van der Waals surface area contributed by atoms with Gasteiger partial charge in [0, 0.05) is 5.75 Å². The van der Waals surface area contributed by atoms with Gasteiger partial charge in [-0.25, -0.2) is 0 Å². The third-order valence-corrected chi connectivity index (χ3v) is 9.65. The summed E-state index contributed by atoms with van der Waals surface area (Å²) in [5.41, 5.74) is 0. The summed E-state index contributed by atoms with van der Waals surface area (Å²) in [6.45, 7) is 1.32. The molecule has 0 amide bonds. The highest BCUT2D eigenvalue weighted by Gasteiger charge is 2.50. The predicted molar refractivity (Wildman–Crippen MR) is 169 cm³/mol. The highest BCUT2D eigenvalue weighted by atomic mass is 32.2. The molecular formula is C32H62O11S. The highest BCUT2D eigenvalue weighted by Crippen LogP contribution is 2.29. The molecule has 12 heteroatoms. The van der Waals surface area contributed by atoms with Crippen molar-refractivity contribution in [1.82, 2.24) is 0 Å². The van der Waals surface area contributed by atoms with Crippen molar-refractivity contribution >= 4 is 11.8 Å². The van der Waals surface area contributed by atoms with Gasteiger partial charge in [0.1, 0.15) is 48.8 Å². The molecule has 10 unspecified atom stereocenters. The van der Waals surface area contributed by atoms with Gasteiger partial charge < -0.3 is 54.7 Å². The van der Waals surface area contributed by atoms with E-state index in [9.17, 15) is 35.7 Å². The maximum atomic E-state index is 10.7. The van der Waals surface area contributed by atoms with Crippen LogP contribution in [0.2, 0.25) is 0 Å². The number of rotatable bonds is 25. The van der Waals surface area contributed by atoms with E-state index in [0.29, 0.717) is 5.75 Å². The molecule has 2 fully saturated rings. The molecule has 0 spiro atoms. The Kier molecular flexibility index (Phi) is 22.0. The average Bonchev–Trinajstić information content (AvgIpc) is 3.03. The minimum absolute atomic E-state index is 0.286. The van der Waals surface area contributed by atoms with Crippen LogP contribution < -0.4 is 0 Å². The largest absolute Gasteiger partial charge is 0.394 e. The molecule has 44 heavy (non-hydrogen) atoms. The van der Waals surface area contributed by atoms with Crippen molar-refractivity contribution in [2.45, 2.75) is 171 Å². The number of thioether (sulfide) groups is 1. The third kappa shape index (κ3) is 14.4. The van der Waals surface area contributed by atoms with Crippen molar-refractivity contribution in [1.29, 1.82) is 0 Å². The van der Waals surface area contributed by atoms with Gasteiger partial charge in [-0.3, -0.25) is 0 Å². The van der Waals surface area contributed by atoms with Gasteiger partial charge >= 0.3 is 0 Å². The molecule has 2 aliphatic rings. The predicted octanol–water partition coefficient (Wildman–Crippen LogP) is 2.62. The van der Waals surface area contributed by atoms with Crippen molar-refractivity contribution in [3.8, 4) is 0 Å². The topological polar surface area (TPSA) is 179 Å². The smallest absolute Gasteiger partial charge is 0.187 e. The van der Waals surface area contributed by atoms with Gasteiger partial charge in [0.2, 0.25) is 0 Å². The van der Waals surface area contributed by atoms with E-state index >= 15 is 0 Å². The van der Waals surface area contributed by atoms with Gasteiger partial charge in [0.15, 0.2) is 12.6 Å². The lowest BCUT2D eigenvalue weighted by Gasteiger charge is -2.45. The zero-order chi connectivity index (χ0) is 32.2. The first-order chi connectivity index (χ1) is 21.3. The Morgan fingerprint density at radius 2 is 1.00 bits per heavy atom. The summed E-state index contributed by atoms with van der Waals surface area (Å²) < 4.78 is 22.2. The zero-order valence-electron chi connectivity index (χ0n) is 26.8. The number of hydrogen-bond donors (Lipinski definition) is 7. The van der Waals surface area contributed by atoms with Crippen LogP contribution in [-0.4, -0.2) is 128 Å². The number of aliphatic hydroxyl groups is 7. The first kappa shape index (κ1) is 40.1. The van der Waals surface area contributed by atoms with Crippen LogP contribution in [0.1, 0.15) is 110 Å². The molecule has 2 heterocycles. The molecule has 2 saturated heterocycles. The Bertz CT molecular complexity index is 689. The Morgan fingerprint density at radius 1 is 0.523 bits per heavy atom. The molecule has 0 saturated carbocycles. The molecule has 262 valence electrons. The minimum Gasteiger partial charge on any atom is -0.394 e. The second kappa shape index (κ2) is 24.1. The second-order valence-electron chi connectivity index (χ2n) is 12.3. The van der Waals surface area contributed by atoms with E-state index in [1.165, 1.54) is 96.3 Å². The van der Waals surface area contributed by atoms with Crippen molar-refractivity contribution < 1.29 is 54.7 Å². The van der Waals surface area contributed by atoms with Gasteiger partial charge in [0.05, 0.1) is 19.8 Å². The van der Waals surface area contributed by atoms with Gasteiger partial charge in [-0.15, -0.1) is 0 Å². The molecule has 11 nitrogen and oxygen atoms in total. The lowest BCUT2D eigenvalue weighted by molar-refractivity contribution is -0.359. The Hall–Kier alpha value is -0.0900. The normalized spacial score (nSPS) is 32.7. The fourth-order valence-corrected chi connectivity index (χ4v) is 6.60. The SMILES string of the molecule is CCCCCCCCCCCCCCCCCCSCCOC1OC(CO)C(OC2OC(CO)C(O)C(O)C2O)C(O)C1O. The third-order valence-electron chi connectivity index (χ3n) is 8.61. The van der Waals surface area contributed by atoms with Gasteiger partial charge in [-0.05, 0) is 12.2 Å². The summed E-state index contributed by atoms with van der Waals surface area (Å²) >= 11 is 1.76. The number of hydrogen-bond acceptors (Lipinski definition) is 12. The van der Waals surface area contributed by atoms with E-state index in [-0.39, 0.29) is 6.61 Å². The zero-order valence-corrected chi connectivity index (χ0v) is 27.6. The number of aliphatic hydroxyl groups excluding tert-OH is 7. The van der Waals surface area contributed by atoms with Crippen LogP contribution in [0.15, 0.2) is 0 Å². The van der Waals surface area contributed by atoms with Gasteiger partial charge in [-0.1, -0.05) is 103 Å². The summed E-state index contributed by atoms with van der Waals surface area (Å²) in [4.78, 5) is 0. The molecule has 0 aromatic carbocycles. The highest BCUT2D eigenvalue weighted by molar-refractivity contribution is 7.99. The average molecular weight is 655 g/mol. The second-order valence-corrected chi connectivity index (χ2v) is 13.5. The fraction of sp³-hybridized carbons (Fsp3) is 1.00. The molecule has 0 aromatic heterocycles. The number of ether oxygens (including phenoxy) is 4. The summed E-state index contributed by atoms with van der Waals surface area (Å²) in [5.74, 6) is 1.71. The summed E-state index contributed by atoms with van der Waals surface area (Å²) in [5, 5.41) is 70.6. The summed E-state index contributed by atoms with van der Waals surface area (Å²) in [7, 11) is 0. The molecule has 0 aliphatic carbocycles. The molecule has 2 aliphatic heterocycles. The lowest BCUT2D eigenvalue weighted by atomic mass is 9.97. The first-order valence-corrected chi connectivity index (χ1v) is 18.3. The van der Waals surface area contributed by atoms with Gasteiger partial charge in [0.25, 0.3) is 0 Å². The van der Waals surface area contributed by atoms with Crippen LogP contribution in [0.5, 0.6) is 0 Å². The molecule has 0 bridgehead atoms. The minimum atomic E-state index is -1.70. The van der Waals surface area contributed by atoms with Crippen molar-refractivity contribution in [2.75, 3.05) is 31.3 Å². The Labute approximate surface area is 268 Å². The first-order valence-electron chi connectivity index (χ1n) is 17.1. The molecule has 0 aromatic rings. The van der Waals surface area contributed by atoms with E-state index in [1.807, 2.05) is 0 Å². The van der Waals surface area contributed by atoms with E-state index in [2.05, 4.69) is 6.92 Å². The van der Waals surface area contributed by atoms with E-state index in [0.717, 1.165) is 12.2 Å². The van der Waals surface area contributed by atoms with Crippen molar-refractivity contribution in [3.05, 3.63) is 0 Å². The Morgan fingerprint density at radius 3 is 1.52 bits per heavy atom. The van der Waals surface area contributed by atoms with Gasteiger partial charge in [-0.2, -0.15) is 11.8 Å². The summed E-state index contributed by atoms with van der Waals surface area (Å²) in [6, 6.07) is 0. The molecule has 0 radical (unpaired) electrons. The van der Waals surface area contributed by atoms with E-state index < -0.39 is 74.6 Å². The van der Waals surface area contributed by atoms with Crippen LogP contribution in [0.25, 0.3) is 0 Å². The lowest BCUT2D eigenvalue weighted by Crippen LogP contribution is -2.64. The van der Waals surface area contributed by atoms with Crippen LogP contribution in [-0.2, 0) is 18.9 Å². The molecule has 7 N–H and O–H groups in total. The molecular weight excluding hydrogens is 592 g/mol. The monoisotopic (exact) mass is 654 g/mol. The van der Waals surface area contributed by atoms with Crippen LogP contribution >= 0.6 is 11.8 Å². The van der Waals surface area contributed by atoms with Crippen LogP contribution in [0.3, 0.4) is 0 Å². The maximum absolute atomic E-state index is 10.7. The van der Waals surface area contributed by atoms with Crippen LogP contribution in [0.4, 0.5) is 0 Å². The fourth-order valence-electron chi connectivity index (χ4n) is 5.77. The standard InChI is InChI=1S/C32H62O11S/c1-2-3-4-5-6-7-8-9-10-11-12-13-14-15-16-17-19-44-20-18-40-31-29(39)27(37)30(24(22-34)42-31)43-32-28(38)26(36)25(35)23(21-33)41-32/h23-39H,2-22H2,1H3. The van der Waals surface area contributed by atoms with Crippen LogP contribution in [0, 0.1) is 0 Å². The molecule has 2 rings (SSSR count). The van der Waals surface area contributed by atoms with E-state index in [4.69, 9.17) is 18.9 Å². The number of unbranched alkanes of at least 4 members (excludes halogenated alkanes) is 15. The summed E-state index contributed by atoms with van der Waals surface area (Å²) in [6.07, 6.45) is 7.12. The molecule has 10 atom stereocenters. The van der Waals surface area contributed by atoms with Crippen molar-refractivity contribution in [2.24, 2.45) is 0 Å². The Balaban J connectivity index is 1.49.